The van der Waals surface area contributed by atoms with Gasteiger partial charge in [0.25, 0.3) is 0 Å². The Morgan fingerprint density at radius 3 is 1.42 bits per heavy atom. The van der Waals surface area contributed by atoms with Gasteiger partial charge in [0.05, 0.1) is 13.2 Å². The lowest BCUT2D eigenvalue weighted by Crippen LogP contribution is -2.58. The molecule has 0 heterocycles. The van der Waals surface area contributed by atoms with Gasteiger partial charge in [-0.2, -0.15) is 0 Å². The predicted octanol–water partition coefficient (Wildman–Crippen LogP) is 4.72. The SMILES string of the molecule is COc1ccc(CC(NC(=O)C(Cc2ccccc2)NC(=O)OCc2ccccc2)C(=O)NC(Cc2ccccc2)C(=O)NC(C=O)CC(C)C)cc1. The molecule has 0 aliphatic heterocycles. The molecule has 11 nitrogen and oxygen atoms in total. The third kappa shape index (κ3) is 13.6. The van der Waals surface area contributed by atoms with Gasteiger partial charge in [-0.1, -0.05) is 117 Å². The van der Waals surface area contributed by atoms with Gasteiger partial charge >= 0.3 is 6.09 Å². The van der Waals surface area contributed by atoms with Gasteiger partial charge in [0.15, 0.2) is 0 Å². The molecule has 0 aromatic heterocycles. The van der Waals surface area contributed by atoms with E-state index in [0.717, 1.165) is 16.7 Å². The summed E-state index contributed by atoms with van der Waals surface area (Å²) in [6, 6.07) is 30.5. The molecule has 0 fully saturated rings. The molecule has 11 heteroatoms. The molecule has 4 unspecified atom stereocenters. The minimum Gasteiger partial charge on any atom is -0.497 e. The van der Waals surface area contributed by atoms with E-state index in [-0.39, 0.29) is 31.8 Å². The van der Waals surface area contributed by atoms with Crippen molar-refractivity contribution in [3.63, 3.8) is 0 Å². The molecule has 4 aromatic rings. The molecular weight excluding hydrogens is 672 g/mol. The van der Waals surface area contributed by atoms with Crippen molar-refractivity contribution in [3.8, 4) is 5.75 Å². The van der Waals surface area contributed by atoms with Crippen LogP contribution < -0.4 is 26.0 Å². The zero-order chi connectivity index (χ0) is 38.0. The average molecular weight is 721 g/mol. The fourth-order valence-electron chi connectivity index (χ4n) is 5.72. The highest BCUT2D eigenvalue weighted by atomic mass is 16.5. The summed E-state index contributed by atoms with van der Waals surface area (Å²) in [5.41, 5.74) is 3.05. The average Bonchev–Trinajstić information content (AvgIpc) is 3.17. The predicted molar refractivity (Wildman–Crippen MR) is 202 cm³/mol. The molecule has 0 spiro atoms. The molecule has 4 amide bonds. The molecule has 53 heavy (non-hydrogen) atoms. The number of benzene rings is 4. The van der Waals surface area contributed by atoms with E-state index in [0.29, 0.717) is 24.0 Å². The van der Waals surface area contributed by atoms with Crippen molar-refractivity contribution >= 4 is 30.1 Å². The zero-order valence-corrected chi connectivity index (χ0v) is 30.3. The van der Waals surface area contributed by atoms with Crippen molar-refractivity contribution in [1.29, 1.82) is 0 Å². The number of hydrogen-bond donors (Lipinski definition) is 4. The Kier molecular flexibility index (Phi) is 15.6. The van der Waals surface area contributed by atoms with Crippen molar-refractivity contribution in [2.75, 3.05) is 7.11 Å². The fourth-order valence-corrected chi connectivity index (χ4v) is 5.72. The molecule has 0 aliphatic carbocycles. The van der Waals surface area contributed by atoms with Crippen LogP contribution in [0.15, 0.2) is 115 Å². The van der Waals surface area contributed by atoms with Crippen LogP contribution in [0.4, 0.5) is 4.79 Å². The van der Waals surface area contributed by atoms with Gasteiger partial charge in [0.2, 0.25) is 17.7 Å². The molecule has 0 radical (unpaired) electrons. The summed E-state index contributed by atoms with van der Waals surface area (Å²) in [6.07, 6.45) is 0.637. The normalized spacial score (nSPS) is 13.1. The Morgan fingerprint density at radius 1 is 0.566 bits per heavy atom. The lowest BCUT2D eigenvalue weighted by Gasteiger charge is -2.26. The number of carbonyl (C=O) groups is 5. The van der Waals surface area contributed by atoms with Crippen LogP contribution in [-0.2, 0) is 49.8 Å². The molecule has 4 rings (SSSR count). The smallest absolute Gasteiger partial charge is 0.408 e. The monoisotopic (exact) mass is 720 g/mol. The van der Waals surface area contributed by atoms with Crippen molar-refractivity contribution in [2.45, 2.75) is 70.3 Å². The Hall–Kier alpha value is -5.97. The second-order valence-electron chi connectivity index (χ2n) is 13.2. The zero-order valence-electron chi connectivity index (χ0n) is 30.3. The van der Waals surface area contributed by atoms with Crippen LogP contribution in [-0.4, -0.2) is 61.4 Å². The largest absolute Gasteiger partial charge is 0.497 e. The maximum absolute atomic E-state index is 14.2. The second kappa shape index (κ2) is 20.8. The van der Waals surface area contributed by atoms with E-state index in [1.807, 2.05) is 105 Å². The number of amides is 4. The third-order valence-electron chi connectivity index (χ3n) is 8.47. The van der Waals surface area contributed by atoms with Gasteiger partial charge in [-0.3, -0.25) is 14.4 Å². The lowest BCUT2D eigenvalue weighted by atomic mass is 10.00. The van der Waals surface area contributed by atoms with Crippen molar-refractivity contribution in [1.82, 2.24) is 21.3 Å². The van der Waals surface area contributed by atoms with Crippen molar-refractivity contribution < 1.29 is 33.4 Å². The van der Waals surface area contributed by atoms with Crippen LogP contribution in [0.2, 0.25) is 0 Å². The first kappa shape index (κ1) is 39.8. The maximum atomic E-state index is 14.2. The molecular formula is C42H48N4O7. The Morgan fingerprint density at radius 2 is 0.981 bits per heavy atom. The summed E-state index contributed by atoms with van der Waals surface area (Å²) in [7, 11) is 1.55. The highest BCUT2D eigenvalue weighted by Gasteiger charge is 2.31. The van der Waals surface area contributed by atoms with Crippen LogP contribution in [0.25, 0.3) is 0 Å². The quantitative estimate of drug-likeness (QED) is 0.102. The van der Waals surface area contributed by atoms with Crippen molar-refractivity contribution in [2.24, 2.45) is 5.92 Å². The first-order valence-electron chi connectivity index (χ1n) is 17.7. The lowest BCUT2D eigenvalue weighted by molar-refractivity contribution is -0.133. The van der Waals surface area contributed by atoms with Gasteiger partial charge in [-0.25, -0.2) is 4.79 Å². The number of rotatable bonds is 19. The molecule has 0 saturated heterocycles. The van der Waals surface area contributed by atoms with Crippen LogP contribution in [0.3, 0.4) is 0 Å². The second-order valence-corrected chi connectivity index (χ2v) is 13.2. The molecule has 0 aliphatic rings. The molecule has 278 valence electrons. The van der Waals surface area contributed by atoms with E-state index in [1.54, 1.807) is 31.4 Å². The molecule has 4 N–H and O–H groups in total. The topological polar surface area (TPSA) is 152 Å². The summed E-state index contributed by atoms with van der Waals surface area (Å²) in [6.45, 7) is 3.89. The number of alkyl carbamates (subject to hydrolysis) is 1. The fraction of sp³-hybridized carbons (Fsp3) is 0.310. The van der Waals surface area contributed by atoms with Crippen LogP contribution >= 0.6 is 0 Å². The standard InChI is InChI=1S/C42H48N4O7/c1-29(2)23-34(27-47)43-39(48)36(24-30-13-7-4-8-14-30)44-40(49)37(26-32-19-21-35(52-3)22-20-32)45-41(50)38(25-31-15-9-5-10-16-31)46-42(51)53-28-33-17-11-6-12-18-33/h4-22,27,29,34,36-38H,23-26,28H2,1-3H3,(H,43,48)(H,44,49)(H,45,50)(H,46,51). The summed E-state index contributed by atoms with van der Waals surface area (Å²) >= 11 is 0. The first-order chi connectivity index (χ1) is 25.6. The molecule has 0 bridgehead atoms. The highest BCUT2D eigenvalue weighted by molar-refractivity contribution is 5.94. The number of aldehydes is 1. The minimum absolute atomic E-state index is 0.00183. The minimum atomic E-state index is -1.17. The third-order valence-corrected chi connectivity index (χ3v) is 8.47. The Labute approximate surface area is 310 Å². The van der Waals surface area contributed by atoms with E-state index >= 15 is 0 Å². The van der Waals surface area contributed by atoms with Gasteiger partial charge < -0.3 is 35.5 Å². The van der Waals surface area contributed by atoms with E-state index < -0.39 is 48.0 Å². The molecule has 0 saturated carbocycles. The van der Waals surface area contributed by atoms with Gasteiger partial charge in [0, 0.05) is 19.3 Å². The van der Waals surface area contributed by atoms with E-state index in [1.165, 1.54) is 0 Å². The number of nitrogens with one attached hydrogen (secondary N) is 4. The van der Waals surface area contributed by atoms with Crippen LogP contribution in [0.1, 0.15) is 42.5 Å². The summed E-state index contributed by atoms with van der Waals surface area (Å²) in [4.78, 5) is 66.7. The number of ether oxygens (including phenoxy) is 2. The van der Waals surface area contributed by atoms with E-state index in [4.69, 9.17) is 9.47 Å². The summed E-state index contributed by atoms with van der Waals surface area (Å²) in [5, 5.41) is 11.1. The Bertz CT molecular complexity index is 1750. The summed E-state index contributed by atoms with van der Waals surface area (Å²) < 4.78 is 10.7. The number of methoxy groups -OCH3 is 1. The van der Waals surface area contributed by atoms with E-state index in [9.17, 15) is 24.0 Å². The van der Waals surface area contributed by atoms with Crippen LogP contribution in [0.5, 0.6) is 5.75 Å². The van der Waals surface area contributed by atoms with Crippen LogP contribution in [0, 0.1) is 5.92 Å². The number of carbonyl (C=O) groups excluding carboxylic acids is 5. The summed E-state index contributed by atoms with van der Waals surface area (Å²) in [5.74, 6) is -1.02. The maximum Gasteiger partial charge on any atom is 0.408 e. The van der Waals surface area contributed by atoms with Gasteiger partial charge in [0.1, 0.15) is 36.8 Å². The first-order valence-corrected chi connectivity index (χ1v) is 17.7. The molecule has 4 aromatic carbocycles. The van der Waals surface area contributed by atoms with Gasteiger partial charge in [-0.05, 0) is 46.7 Å². The van der Waals surface area contributed by atoms with E-state index in [2.05, 4.69) is 21.3 Å². The Balaban J connectivity index is 1.59. The van der Waals surface area contributed by atoms with Gasteiger partial charge in [-0.15, -0.1) is 0 Å². The van der Waals surface area contributed by atoms with Crippen molar-refractivity contribution in [3.05, 3.63) is 138 Å². The number of hydrogen-bond acceptors (Lipinski definition) is 7. The highest BCUT2D eigenvalue weighted by Crippen LogP contribution is 2.14. The molecule has 4 atom stereocenters.